The van der Waals surface area contributed by atoms with E-state index < -0.39 is 5.91 Å². The van der Waals surface area contributed by atoms with Crippen molar-refractivity contribution in [1.82, 2.24) is 9.88 Å². The molecule has 0 unspecified atom stereocenters. The molecular weight excluding hydrogens is 364 g/mol. The van der Waals surface area contributed by atoms with Gasteiger partial charge in [-0.05, 0) is 48.9 Å². The van der Waals surface area contributed by atoms with E-state index in [0.717, 1.165) is 11.3 Å². The molecule has 2 aromatic carbocycles. The second-order valence-electron chi connectivity index (χ2n) is 6.04. The largest absolute Gasteiger partial charge is 0.497 e. The molecule has 0 fully saturated rings. The van der Waals surface area contributed by atoms with Gasteiger partial charge in [0.15, 0.2) is 0 Å². The summed E-state index contributed by atoms with van der Waals surface area (Å²) in [5, 5.41) is 3.36. The first-order valence-electron chi connectivity index (χ1n) is 8.39. The molecule has 27 heavy (non-hydrogen) atoms. The quantitative estimate of drug-likeness (QED) is 0.731. The van der Waals surface area contributed by atoms with Gasteiger partial charge in [0.1, 0.15) is 11.3 Å². The van der Waals surface area contributed by atoms with E-state index in [1.54, 1.807) is 55.6 Å². The van der Waals surface area contributed by atoms with Crippen molar-refractivity contribution in [2.45, 2.75) is 13.5 Å². The average Bonchev–Trinajstić information content (AvgIpc) is 2.66. The first kappa shape index (κ1) is 18.7. The van der Waals surface area contributed by atoms with Crippen LogP contribution in [0.15, 0.2) is 65.5 Å². The number of hydrogen-bond acceptors (Lipinski definition) is 3. The molecule has 0 radical (unpaired) electrons. The Hall–Kier alpha value is -3.05. The molecule has 0 bridgehead atoms. The molecule has 1 heterocycles. The third-order valence-electron chi connectivity index (χ3n) is 4.18. The lowest BCUT2D eigenvalue weighted by Crippen LogP contribution is -2.33. The number of rotatable bonds is 5. The van der Waals surface area contributed by atoms with Crippen molar-refractivity contribution in [2.24, 2.45) is 0 Å². The highest BCUT2D eigenvalue weighted by molar-refractivity contribution is 6.30. The molecule has 0 aliphatic carbocycles. The minimum Gasteiger partial charge on any atom is -0.497 e. The number of aryl methyl sites for hydroxylation is 1. The Labute approximate surface area is 162 Å². The lowest BCUT2D eigenvalue weighted by atomic mass is 10.2. The summed E-state index contributed by atoms with van der Waals surface area (Å²) in [4.78, 5) is 25.5. The number of hydrogen-bond donors (Lipinski definition) is 1. The minimum absolute atomic E-state index is 0.0745. The van der Waals surface area contributed by atoms with E-state index in [4.69, 9.17) is 16.3 Å². The highest BCUT2D eigenvalue weighted by Gasteiger charge is 2.15. The van der Waals surface area contributed by atoms with E-state index in [1.807, 2.05) is 19.1 Å². The Balaban J connectivity index is 1.90. The number of carbonyl (C=O) groups is 1. The van der Waals surface area contributed by atoms with Crippen LogP contribution in [-0.2, 0) is 6.54 Å². The number of halogens is 1. The first-order valence-corrected chi connectivity index (χ1v) is 8.77. The number of benzene rings is 2. The lowest BCUT2D eigenvalue weighted by Gasteiger charge is -2.13. The van der Waals surface area contributed by atoms with E-state index in [0.29, 0.717) is 16.5 Å². The van der Waals surface area contributed by atoms with Crippen molar-refractivity contribution in [3.05, 3.63) is 92.9 Å². The van der Waals surface area contributed by atoms with Crippen LogP contribution in [0.1, 0.15) is 21.6 Å². The number of aromatic nitrogens is 1. The van der Waals surface area contributed by atoms with Gasteiger partial charge in [-0.2, -0.15) is 0 Å². The number of carbonyl (C=O) groups excluding carboxylic acids is 1. The molecular formula is C21H19ClN2O3. The Morgan fingerprint density at radius 1 is 1.11 bits per heavy atom. The van der Waals surface area contributed by atoms with Crippen molar-refractivity contribution < 1.29 is 9.53 Å². The average molecular weight is 383 g/mol. The van der Waals surface area contributed by atoms with Gasteiger partial charge in [-0.25, -0.2) is 0 Å². The summed E-state index contributed by atoms with van der Waals surface area (Å²) < 4.78 is 6.72. The summed E-state index contributed by atoms with van der Waals surface area (Å²) in [6.07, 6.45) is 0. The Morgan fingerprint density at radius 2 is 1.89 bits per heavy atom. The zero-order valence-electron chi connectivity index (χ0n) is 15.0. The van der Waals surface area contributed by atoms with Crippen molar-refractivity contribution in [1.29, 1.82) is 0 Å². The molecule has 0 saturated carbocycles. The van der Waals surface area contributed by atoms with E-state index in [1.165, 1.54) is 4.57 Å². The van der Waals surface area contributed by atoms with E-state index in [9.17, 15) is 9.59 Å². The van der Waals surface area contributed by atoms with Gasteiger partial charge in [-0.15, -0.1) is 0 Å². The molecule has 1 N–H and O–H groups in total. The fraction of sp³-hybridized carbons (Fsp3) is 0.143. The van der Waals surface area contributed by atoms with Crippen LogP contribution < -0.4 is 15.6 Å². The van der Waals surface area contributed by atoms with Crippen LogP contribution >= 0.6 is 11.6 Å². The topological polar surface area (TPSA) is 60.3 Å². The predicted molar refractivity (Wildman–Crippen MR) is 106 cm³/mol. The summed E-state index contributed by atoms with van der Waals surface area (Å²) in [7, 11) is 1.56. The number of ether oxygens (including phenoxy) is 1. The van der Waals surface area contributed by atoms with E-state index in [-0.39, 0.29) is 17.7 Å². The van der Waals surface area contributed by atoms with Crippen molar-refractivity contribution >= 4 is 17.5 Å². The SMILES string of the molecule is COc1cccc(-n2c(C)ccc(C(=O)NCc3cccc(Cl)c3)c2=O)c1. The highest BCUT2D eigenvalue weighted by Crippen LogP contribution is 2.17. The van der Waals surface area contributed by atoms with Crippen molar-refractivity contribution in [2.75, 3.05) is 7.11 Å². The normalized spacial score (nSPS) is 10.5. The summed E-state index contributed by atoms with van der Waals surface area (Å²) in [5.74, 6) is 0.200. The number of nitrogens with one attached hydrogen (secondary N) is 1. The highest BCUT2D eigenvalue weighted by atomic mass is 35.5. The van der Waals surface area contributed by atoms with Gasteiger partial charge in [0, 0.05) is 23.3 Å². The standard InChI is InChI=1S/C21H19ClN2O3/c1-14-9-10-19(20(25)23-13-15-5-3-6-16(22)11-15)21(26)24(14)17-7-4-8-18(12-17)27-2/h3-12H,13H2,1-2H3,(H,23,25). The molecule has 6 heteroatoms. The van der Waals surface area contributed by atoms with Crippen LogP contribution in [0.25, 0.3) is 5.69 Å². The molecule has 0 aliphatic rings. The molecule has 0 atom stereocenters. The zero-order chi connectivity index (χ0) is 19.4. The molecule has 1 amide bonds. The van der Waals surface area contributed by atoms with Crippen LogP contribution in [-0.4, -0.2) is 17.6 Å². The summed E-state index contributed by atoms with van der Waals surface area (Å²) in [5.41, 5.74) is 1.91. The van der Waals surface area contributed by atoms with Gasteiger partial charge in [0.25, 0.3) is 11.5 Å². The van der Waals surface area contributed by atoms with Gasteiger partial charge < -0.3 is 10.1 Å². The third-order valence-corrected chi connectivity index (χ3v) is 4.41. The predicted octanol–water partition coefficient (Wildman–Crippen LogP) is 3.74. The second-order valence-corrected chi connectivity index (χ2v) is 6.48. The van der Waals surface area contributed by atoms with Crippen molar-refractivity contribution in [3.63, 3.8) is 0 Å². The maximum atomic E-state index is 12.9. The smallest absolute Gasteiger partial charge is 0.268 e. The van der Waals surface area contributed by atoms with Gasteiger partial charge in [-0.1, -0.05) is 29.8 Å². The van der Waals surface area contributed by atoms with Crippen LogP contribution in [0.4, 0.5) is 0 Å². The minimum atomic E-state index is -0.434. The van der Waals surface area contributed by atoms with E-state index in [2.05, 4.69) is 5.32 Å². The maximum absolute atomic E-state index is 12.9. The second kappa shape index (κ2) is 8.10. The molecule has 3 aromatic rings. The summed E-state index contributed by atoms with van der Waals surface area (Å²) in [6, 6.07) is 17.6. The summed E-state index contributed by atoms with van der Waals surface area (Å²) >= 11 is 5.96. The fourth-order valence-corrected chi connectivity index (χ4v) is 3.01. The van der Waals surface area contributed by atoms with Crippen LogP contribution in [0.3, 0.4) is 0 Å². The van der Waals surface area contributed by atoms with Crippen LogP contribution in [0.5, 0.6) is 5.75 Å². The molecule has 138 valence electrons. The van der Waals surface area contributed by atoms with Crippen LogP contribution in [0.2, 0.25) is 5.02 Å². The van der Waals surface area contributed by atoms with Gasteiger partial charge in [-0.3, -0.25) is 14.2 Å². The lowest BCUT2D eigenvalue weighted by molar-refractivity contribution is 0.0949. The first-order chi connectivity index (χ1) is 13.0. The molecule has 0 spiro atoms. The fourth-order valence-electron chi connectivity index (χ4n) is 2.80. The molecule has 5 nitrogen and oxygen atoms in total. The maximum Gasteiger partial charge on any atom is 0.268 e. The van der Waals surface area contributed by atoms with Gasteiger partial charge in [0.2, 0.25) is 0 Å². The summed E-state index contributed by atoms with van der Waals surface area (Å²) in [6.45, 7) is 2.10. The zero-order valence-corrected chi connectivity index (χ0v) is 15.8. The van der Waals surface area contributed by atoms with E-state index >= 15 is 0 Å². The van der Waals surface area contributed by atoms with Crippen molar-refractivity contribution in [3.8, 4) is 11.4 Å². The Kier molecular flexibility index (Phi) is 5.62. The molecule has 3 rings (SSSR count). The number of pyridine rings is 1. The van der Waals surface area contributed by atoms with Crippen LogP contribution in [0, 0.1) is 6.92 Å². The number of methoxy groups -OCH3 is 1. The third kappa shape index (κ3) is 4.20. The monoisotopic (exact) mass is 382 g/mol. The Morgan fingerprint density at radius 3 is 2.63 bits per heavy atom. The Bertz CT molecular complexity index is 1040. The molecule has 0 aliphatic heterocycles. The number of amides is 1. The van der Waals surface area contributed by atoms with Gasteiger partial charge >= 0.3 is 0 Å². The van der Waals surface area contributed by atoms with Gasteiger partial charge in [0.05, 0.1) is 12.8 Å². The number of nitrogens with zero attached hydrogens (tertiary/aromatic N) is 1. The molecule has 0 saturated heterocycles. The molecule has 1 aromatic heterocycles.